The number of hydrogen-bond donors (Lipinski definition) is 2. The van der Waals surface area contributed by atoms with Crippen LogP contribution in [0.25, 0.3) is 6.08 Å². The van der Waals surface area contributed by atoms with E-state index in [2.05, 4.69) is 13.8 Å². The van der Waals surface area contributed by atoms with Crippen molar-refractivity contribution < 1.29 is 14.7 Å². The number of aromatic hydroxyl groups is 1. The van der Waals surface area contributed by atoms with E-state index in [0.29, 0.717) is 36.1 Å². The molecular formula is C29H39N5O4. The van der Waals surface area contributed by atoms with Gasteiger partial charge in [0.1, 0.15) is 23.3 Å². The smallest absolute Gasteiger partial charge is 0.271 e. The largest absolute Gasteiger partial charge is 0.494 e. The number of unbranched alkanes of at least 4 members (excludes halogenated alkanes) is 6. The van der Waals surface area contributed by atoms with Gasteiger partial charge in [0.15, 0.2) is 0 Å². The van der Waals surface area contributed by atoms with E-state index in [0.717, 1.165) is 43.4 Å². The average Bonchev–Trinajstić information content (AvgIpc) is 2.87. The van der Waals surface area contributed by atoms with Crippen molar-refractivity contribution in [2.75, 3.05) is 6.54 Å². The number of allylic oxidation sites excluding steroid dienone is 2. The predicted octanol–water partition coefficient (Wildman–Crippen LogP) is 5.21. The highest BCUT2D eigenvalue weighted by molar-refractivity contribution is 6.18. The molecule has 0 spiro atoms. The average molecular weight is 522 g/mol. The van der Waals surface area contributed by atoms with Gasteiger partial charge >= 0.3 is 0 Å². The van der Waals surface area contributed by atoms with Gasteiger partial charge in [0.05, 0.1) is 0 Å². The Morgan fingerprint density at radius 2 is 1.47 bits per heavy atom. The molecule has 4 N–H and O–H groups in total. The SMILES string of the molecule is CCCCCCN1C(=O)C(=CC=Cc2c(C)c(C#N)c(=O)n(CCCCCC)c2O)C(C)=C(C#N)C1=O.N. The second-order valence-corrected chi connectivity index (χ2v) is 9.24. The Morgan fingerprint density at radius 3 is 2.03 bits per heavy atom. The van der Waals surface area contributed by atoms with Crippen LogP contribution in [-0.4, -0.2) is 32.9 Å². The van der Waals surface area contributed by atoms with Crippen molar-refractivity contribution in [3.05, 3.63) is 55.9 Å². The lowest BCUT2D eigenvalue weighted by Gasteiger charge is -2.27. The Hall–Kier alpha value is -3.95. The third-order valence-corrected chi connectivity index (χ3v) is 6.67. The number of nitrogens with zero attached hydrogens (tertiary/aromatic N) is 4. The molecule has 9 heteroatoms. The zero-order valence-electron chi connectivity index (χ0n) is 23.0. The number of aromatic nitrogens is 1. The van der Waals surface area contributed by atoms with Crippen molar-refractivity contribution in [1.29, 1.82) is 10.5 Å². The van der Waals surface area contributed by atoms with Gasteiger partial charge in [0.2, 0.25) is 5.88 Å². The van der Waals surface area contributed by atoms with Crippen LogP contribution >= 0.6 is 0 Å². The maximum atomic E-state index is 13.1. The van der Waals surface area contributed by atoms with Gasteiger partial charge < -0.3 is 11.3 Å². The van der Waals surface area contributed by atoms with Gasteiger partial charge in [-0.2, -0.15) is 10.5 Å². The molecule has 1 aromatic rings. The van der Waals surface area contributed by atoms with Crippen LogP contribution in [0, 0.1) is 29.6 Å². The van der Waals surface area contributed by atoms with E-state index >= 15 is 0 Å². The van der Waals surface area contributed by atoms with Crippen LogP contribution in [0.3, 0.4) is 0 Å². The molecule has 2 amide bonds. The number of rotatable bonds is 12. The van der Waals surface area contributed by atoms with Crippen LogP contribution in [0.15, 0.2) is 33.7 Å². The highest BCUT2D eigenvalue weighted by atomic mass is 16.3. The van der Waals surface area contributed by atoms with E-state index in [1.165, 1.54) is 22.8 Å². The molecule has 38 heavy (non-hydrogen) atoms. The summed E-state index contributed by atoms with van der Waals surface area (Å²) in [6, 6.07) is 3.87. The molecular weight excluding hydrogens is 482 g/mol. The zero-order valence-corrected chi connectivity index (χ0v) is 23.0. The quantitative estimate of drug-likeness (QED) is 0.217. The second kappa shape index (κ2) is 15.3. The Bertz CT molecular complexity index is 1270. The molecule has 2 rings (SSSR count). The molecule has 0 bridgehead atoms. The monoisotopic (exact) mass is 521 g/mol. The number of carbonyl (C=O) groups is 2. The van der Waals surface area contributed by atoms with Crippen LogP contribution in [0.4, 0.5) is 0 Å². The first-order valence-corrected chi connectivity index (χ1v) is 13.0. The van der Waals surface area contributed by atoms with E-state index < -0.39 is 17.4 Å². The highest BCUT2D eigenvalue weighted by Crippen LogP contribution is 2.27. The van der Waals surface area contributed by atoms with Crippen LogP contribution in [0.2, 0.25) is 0 Å². The summed E-state index contributed by atoms with van der Waals surface area (Å²) in [6.07, 6.45) is 11.8. The molecule has 1 aliphatic heterocycles. The molecule has 1 aliphatic rings. The minimum atomic E-state index is -0.579. The Labute approximate surface area is 225 Å². The van der Waals surface area contributed by atoms with Crippen LogP contribution in [0.5, 0.6) is 5.88 Å². The van der Waals surface area contributed by atoms with Gasteiger partial charge in [0.25, 0.3) is 17.4 Å². The number of carbonyl (C=O) groups excluding carboxylic acids is 2. The first-order chi connectivity index (χ1) is 17.7. The van der Waals surface area contributed by atoms with E-state index in [-0.39, 0.29) is 35.3 Å². The zero-order chi connectivity index (χ0) is 27.5. The summed E-state index contributed by atoms with van der Waals surface area (Å²) in [7, 11) is 0. The summed E-state index contributed by atoms with van der Waals surface area (Å²) in [5, 5.41) is 30.0. The van der Waals surface area contributed by atoms with Crippen molar-refractivity contribution >= 4 is 17.9 Å². The molecule has 0 aliphatic carbocycles. The maximum absolute atomic E-state index is 13.1. The molecule has 0 saturated heterocycles. The highest BCUT2D eigenvalue weighted by Gasteiger charge is 2.34. The molecule has 204 valence electrons. The van der Waals surface area contributed by atoms with E-state index in [1.807, 2.05) is 12.1 Å². The summed E-state index contributed by atoms with van der Waals surface area (Å²) < 4.78 is 1.22. The van der Waals surface area contributed by atoms with Crippen LogP contribution in [-0.2, 0) is 16.1 Å². The molecule has 1 aromatic heterocycles. The fourth-order valence-corrected chi connectivity index (χ4v) is 4.37. The fourth-order valence-electron chi connectivity index (χ4n) is 4.37. The number of nitriles is 2. The Morgan fingerprint density at radius 1 is 0.868 bits per heavy atom. The summed E-state index contributed by atoms with van der Waals surface area (Å²) in [5.41, 5.74) is 0.530. The number of hydrogen-bond acceptors (Lipinski definition) is 7. The van der Waals surface area contributed by atoms with Crippen LogP contribution < -0.4 is 11.7 Å². The minimum Gasteiger partial charge on any atom is -0.494 e. The first-order valence-electron chi connectivity index (χ1n) is 13.0. The number of pyridine rings is 1. The molecule has 0 saturated carbocycles. The van der Waals surface area contributed by atoms with Gasteiger partial charge in [-0.15, -0.1) is 0 Å². The summed E-state index contributed by atoms with van der Waals surface area (Å²) >= 11 is 0. The molecule has 2 heterocycles. The summed E-state index contributed by atoms with van der Waals surface area (Å²) in [4.78, 5) is 39.7. The molecule has 9 nitrogen and oxygen atoms in total. The predicted molar refractivity (Wildman–Crippen MR) is 147 cm³/mol. The molecule has 0 aromatic carbocycles. The third kappa shape index (κ3) is 7.08. The Kier molecular flexibility index (Phi) is 12.9. The van der Waals surface area contributed by atoms with Gasteiger partial charge in [-0.3, -0.25) is 23.9 Å². The number of imide groups is 1. The number of amides is 2. The van der Waals surface area contributed by atoms with Crippen molar-refractivity contribution in [2.24, 2.45) is 0 Å². The van der Waals surface area contributed by atoms with Gasteiger partial charge in [-0.1, -0.05) is 58.4 Å². The molecule has 0 atom stereocenters. The minimum absolute atomic E-state index is 0. The standard InChI is InChI=1S/C29H36N4O4.H3N/c1-5-7-9-11-16-32-26(34)22(20(3)24(18-30)28(32)36)14-13-15-23-21(4)25(19-31)29(37)33(27(23)35)17-12-10-8-6-2;/h13-15,34H,5-12,16-17H2,1-4H3;1H3. The van der Waals surface area contributed by atoms with Crippen molar-refractivity contribution in [2.45, 2.75) is 85.6 Å². The normalized spacial score (nSPS) is 14.7. The molecule has 0 fully saturated rings. The van der Waals surface area contributed by atoms with Crippen molar-refractivity contribution in [1.82, 2.24) is 15.6 Å². The first kappa shape index (κ1) is 32.1. The second-order valence-electron chi connectivity index (χ2n) is 9.24. The van der Waals surface area contributed by atoms with E-state index in [1.54, 1.807) is 13.8 Å². The molecule has 0 radical (unpaired) electrons. The van der Waals surface area contributed by atoms with Crippen molar-refractivity contribution in [3.8, 4) is 18.0 Å². The van der Waals surface area contributed by atoms with Gasteiger partial charge in [0, 0.05) is 24.2 Å². The van der Waals surface area contributed by atoms with Gasteiger partial charge in [-0.05, 0) is 50.0 Å². The Balaban J connectivity index is 0.00000722. The topological polar surface area (TPSA) is 162 Å². The van der Waals surface area contributed by atoms with E-state index in [4.69, 9.17) is 0 Å². The van der Waals surface area contributed by atoms with Crippen LogP contribution in [0.1, 0.15) is 88.8 Å². The van der Waals surface area contributed by atoms with E-state index in [9.17, 15) is 30.0 Å². The third-order valence-electron chi connectivity index (χ3n) is 6.67. The van der Waals surface area contributed by atoms with Crippen molar-refractivity contribution in [3.63, 3.8) is 0 Å². The summed E-state index contributed by atoms with van der Waals surface area (Å²) in [5.74, 6) is -1.28. The fraction of sp³-hybridized carbons (Fsp3) is 0.483. The summed E-state index contributed by atoms with van der Waals surface area (Å²) in [6.45, 7) is 7.84. The lowest BCUT2D eigenvalue weighted by Crippen LogP contribution is -2.43. The van der Waals surface area contributed by atoms with Gasteiger partial charge in [-0.25, -0.2) is 0 Å². The lowest BCUT2D eigenvalue weighted by molar-refractivity contribution is -0.140. The lowest BCUT2D eigenvalue weighted by atomic mass is 9.94. The molecule has 0 unspecified atom stereocenters. The maximum Gasteiger partial charge on any atom is 0.271 e.